The predicted octanol–water partition coefficient (Wildman–Crippen LogP) is 3.87. The minimum absolute atomic E-state index is 0.255. The minimum Gasteiger partial charge on any atom is -0.497 e. The molecule has 0 spiro atoms. The fourth-order valence-corrected chi connectivity index (χ4v) is 5.00. The molecule has 0 N–H and O–H groups in total. The number of ketones is 1. The molecular weight excluding hydrogens is 470 g/mol. The Morgan fingerprint density at radius 2 is 1.68 bits per heavy atom. The summed E-state index contributed by atoms with van der Waals surface area (Å²) < 4.78 is 18.0. The molecule has 6 rings (SSSR count). The molecular formula is C29H27N3O5. The van der Waals surface area contributed by atoms with Crippen LogP contribution in [0.1, 0.15) is 16.1 Å². The highest BCUT2D eigenvalue weighted by molar-refractivity contribution is 6.43. The number of aromatic nitrogens is 1. The summed E-state index contributed by atoms with van der Waals surface area (Å²) in [7, 11) is 1.62. The van der Waals surface area contributed by atoms with Crippen molar-refractivity contribution in [3.8, 4) is 28.4 Å². The lowest BCUT2D eigenvalue weighted by atomic mass is 10.0. The molecule has 8 nitrogen and oxygen atoms in total. The van der Waals surface area contributed by atoms with Crippen LogP contribution in [0.3, 0.4) is 0 Å². The maximum Gasteiger partial charge on any atom is 0.296 e. The standard InChI is InChI=1S/C29H27N3O5/c1-35-23-8-6-21(7-9-23)24-17-22-4-2-3-11-32(22)27(24)28(33)29(34)31-14-12-30(13-15-31)18-20-5-10-25-26(16-20)37-19-36-25/h2-11,16-17H,12-15,18-19H2,1H3. The van der Waals surface area contributed by atoms with Crippen LogP contribution < -0.4 is 14.2 Å². The Balaban J connectivity index is 1.19. The van der Waals surface area contributed by atoms with Crippen molar-refractivity contribution in [3.05, 3.63) is 84.2 Å². The maximum atomic E-state index is 13.6. The Kier molecular flexibility index (Phi) is 6.02. The molecule has 0 radical (unpaired) electrons. The molecule has 2 aliphatic rings. The summed E-state index contributed by atoms with van der Waals surface area (Å²) in [4.78, 5) is 31.0. The van der Waals surface area contributed by atoms with Crippen molar-refractivity contribution in [2.45, 2.75) is 6.54 Å². The summed E-state index contributed by atoms with van der Waals surface area (Å²) in [5.41, 5.74) is 3.96. The zero-order valence-electron chi connectivity index (χ0n) is 20.6. The van der Waals surface area contributed by atoms with Crippen molar-refractivity contribution in [2.75, 3.05) is 40.1 Å². The van der Waals surface area contributed by atoms with Gasteiger partial charge >= 0.3 is 0 Å². The second kappa shape index (κ2) is 9.63. The van der Waals surface area contributed by atoms with E-state index in [1.54, 1.807) is 16.4 Å². The van der Waals surface area contributed by atoms with Crippen molar-refractivity contribution in [1.29, 1.82) is 0 Å². The van der Waals surface area contributed by atoms with Crippen molar-refractivity contribution >= 4 is 17.2 Å². The van der Waals surface area contributed by atoms with Crippen LogP contribution in [0.15, 0.2) is 72.9 Å². The number of amides is 1. The quantitative estimate of drug-likeness (QED) is 0.298. The zero-order valence-corrected chi connectivity index (χ0v) is 20.6. The summed E-state index contributed by atoms with van der Waals surface area (Å²) in [6, 6.07) is 21.2. The number of Topliss-reactive ketones (excluding diaryl/α,β-unsaturated/α-hetero) is 1. The van der Waals surface area contributed by atoms with Crippen LogP contribution in [-0.4, -0.2) is 66.0 Å². The van der Waals surface area contributed by atoms with Crippen LogP contribution in [0.25, 0.3) is 16.6 Å². The lowest BCUT2D eigenvalue weighted by Crippen LogP contribution is -2.50. The number of rotatable bonds is 6. The van der Waals surface area contributed by atoms with Gasteiger partial charge in [0.15, 0.2) is 11.5 Å². The molecule has 2 aliphatic heterocycles. The van der Waals surface area contributed by atoms with Crippen molar-refractivity contribution in [1.82, 2.24) is 14.2 Å². The monoisotopic (exact) mass is 497 g/mol. The van der Waals surface area contributed by atoms with E-state index >= 15 is 0 Å². The third-order valence-electron chi connectivity index (χ3n) is 6.99. The molecule has 4 heterocycles. The first-order chi connectivity index (χ1) is 18.1. The van der Waals surface area contributed by atoms with E-state index in [2.05, 4.69) is 4.90 Å². The van der Waals surface area contributed by atoms with E-state index in [4.69, 9.17) is 14.2 Å². The second-order valence-corrected chi connectivity index (χ2v) is 9.22. The van der Waals surface area contributed by atoms with E-state index in [1.807, 2.05) is 72.9 Å². The highest BCUT2D eigenvalue weighted by Gasteiger charge is 2.31. The fraction of sp³-hybridized carbons (Fsp3) is 0.241. The Morgan fingerprint density at radius 3 is 2.46 bits per heavy atom. The first kappa shape index (κ1) is 23.1. The molecule has 37 heavy (non-hydrogen) atoms. The van der Waals surface area contributed by atoms with Crippen molar-refractivity contribution in [2.24, 2.45) is 0 Å². The molecule has 2 aromatic carbocycles. The summed E-state index contributed by atoms with van der Waals surface area (Å²) >= 11 is 0. The Morgan fingerprint density at radius 1 is 0.892 bits per heavy atom. The summed E-state index contributed by atoms with van der Waals surface area (Å²) in [6.07, 6.45) is 1.83. The number of benzene rings is 2. The molecule has 1 saturated heterocycles. The van der Waals surface area contributed by atoms with Gasteiger partial charge < -0.3 is 23.5 Å². The van der Waals surface area contributed by atoms with Crippen LogP contribution >= 0.6 is 0 Å². The van der Waals surface area contributed by atoms with Crippen LogP contribution in [0.5, 0.6) is 17.2 Å². The zero-order chi connectivity index (χ0) is 25.4. The van der Waals surface area contributed by atoms with Crippen molar-refractivity contribution in [3.63, 3.8) is 0 Å². The molecule has 2 aromatic heterocycles. The Bertz CT molecular complexity index is 1470. The van der Waals surface area contributed by atoms with Gasteiger partial charge in [0.2, 0.25) is 6.79 Å². The molecule has 0 atom stereocenters. The predicted molar refractivity (Wildman–Crippen MR) is 138 cm³/mol. The van der Waals surface area contributed by atoms with E-state index in [0.717, 1.165) is 46.0 Å². The number of hydrogen-bond acceptors (Lipinski definition) is 6. The van der Waals surface area contributed by atoms with Gasteiger partial charge in [0.05, 0.1) is 7.11 Å². The lowest BCUT2D eigenvalue weighted by molar-refractivity contribution is -0.128. The van der Waals surface area contributed by atoms with E-state index in [-0.39, 0.29) is 6.79 Å². The van der Waals surface area contributed by atoms with Crippen molar-refractivity contribution < 1.29 is 23.8 Å². The number of pyridine rings is 1. The highest BCUT2D eigenvalue weighted by Crippen LogP contribution is 2.33. The van der Waals surface area contributed by atoms with Gasteiger partial charge in [0, 0.05) is 50.0 Å². The number of carbonyl (C=O) groups excluding carboxylic acids is 2. The van der Waals surface area contributed by atoms with E-state index in [1.165, 1.54) is 0 Å². The first-order valence-electron chi connectivity index (χ1n) is 12.3. The SMILES string of the molecule is COc1ccc(-c2cc3ccccn3c2C(=O)C(=O)N2CCN(Cc3ccc4c(c3)OCO4)CC2)cc1. The molecule has 0 bridgehead atoms. The fourth-order valence-electron chi connectivity index (χ4n) is 5.00. The molecule has 1 fully saturated rings. The van der Waals surface area contributed by atoms with Crippen LogP contribution in [-0.2, 0) is 11.3 Å². The summed E-state index contributed by atoms with van der Waals surface area (Å²) in [6.45, 7) is 3.37. The normalized spacial score (nSPS) is 15.2. The Hall–Kier alpha value is -4.30. The average molecular weight is 498 g/mol. The average Bonchev–Trinajstić information content (AvgIpc) is 3.57. The number of fused-ring (bicyclic) bond motifs is 2. The number of hydrogen-bond donors (Lipinski definition) is 0. The largest absolute Gasteiger partial charge is 0.497 e. The number of ether oxygens (including phenoxy) is 3. The highest BCUT2D eigenvalue weighted by atomic mass is 16.7. The molecule has 4 aromatic rings. The molecule has 1 amide bonds. The lowest BCUT2D eigenvalue weighted by Gasteiger charge is -2.34. The summed E-state index contributed by atoms with van der Waals surface area (Å²) in [5, 5.41) is 0. The third kappa shape index (κ3) is 4.40. The molecule has 8 heteroatoms. The topological polar surface area (TPSA) is 72.7 Å². The molecule has 0 aliphatic carbocycles. The van der Waals surface area contributed by atoms with Gasteiger partial charge in [0.1, 0.15) is 11.4 Å². The van der Waals surface area contributed by atoms with E-state index < -0.39 is 11.7 Å². The summed E-state index contributed by atoms with van der Waals surface area (Å²) in [5.74, 6) is 1.30. The van der Waals surface area contributed by atoms with E-state index in [0.29, 0.717) is 31.9 Å². The van der Waals surface area contributed by atoms with Gasteiger partial charge in [0.25, 0.3) is 11.7 Å². The minimum atomic E-state index is -0.499. The molecule has 188 valence electrons. The third-order valence-corrected chi connectivity index (χ3v) is 6.99. The Labute approximate surface area is 214 Å². The number of methoxy groups -OCH3 is 1. The second-order valence-electron chi connectivity index (χ2n) is 9.22. The van der Waals surface area contributed by atoms with Crippen LogP contribution in [0.4, 0.5) is 0 Å². The number of carbonyl (C=O) groups is 2. The smallest absolute Gasteiger partial charge is 0.296 e. The first-order valence-corrected chi connectivity index (χ1v) is 12.3. The maximum absolute atomic E-state index is 13.6. The van der Waals surface area contributed by atoms with E-state index in [9.17, 15) is 9.59 Å². The van der Waals surface area contributed by atoms with Gasteiger partial charge in [-0.3, -0.25) is 14.5 Å². The van der Waals surface area contributed by atoms with Gasteiger partial charge in [-0.05, 0) is 53.6 Å². The van der Waals surface area contributed by atoms with Gasteiger partial charge in [-0.15, -0.1) is 0 Å². The molecule has 0 unspecified atom stereocenters. The number of nitrogens with zero attached hydrogens (tertiary/aromatic N) is 3. The van der Waals surface area contributed by atoms with Crippen LogP contribution in [0.2, 0.25) is 0 Å². The molecule has 0 saturated carbocycles. The van der Waals surface area contributed by atoms with Gasteiger partial charge in [-0.2, -0.15) is 0 Å². The van der Waals surface area contributed by atoms with Gasteiger partial charge in [-0.25, -0.2) is 0 Å². The number of piperazine rings is 1. The van der Waals surface area contributed by atoms with Crippen LogP contribution in [0, 0.1) is 0 Å². The van der Waals surface area contributed by atoms with Gasteiger partial charge in [-0.1, -0.05) is 24.3 Å².